The zero-order valence-electron chi connectivity index (χ0n) is 11.8. The predicted octanol–water partition coefficient (Wildman–Crippen LogP) is -1.60. The van der Waals surface area contributed by atoms with E-state index in [4.69, 9.17) is 17.3 Å². The summed E-state index contributed by atoms with van der Waals surface area (Å²) in [5.41, 5.74) is 6.18. The third-order valence-corrected chi connectivity index (χ3v) is 5.27. The van der Waals surface area contributed by atoms with Crippen LogP contribution in [0.1, 0.15) is 5.56 Å². The maximum absolute atomic E-state index is 12.5. The highest BCUT2D eigenvalue weighted by molar-refractivity contribution is 6.57. The molecule has 0 radical (unpaired) electrons. The third kappa shape index (κ3) is 1.85. The summed E-state index contributed by atoms with van der Waals surface area (Å²) in [5.74, 6) is -0.0927. The second-order valence-electron chi connectivity index (χ2n) is 6.33. The van der Waals surface area contributed by atoms with Crippen LogP contribution in [-0.2, 0) is 10.3 Å². The van der Waals surface area contributed by atoms with E-state index in [0.29, 0.717) is 10.6 Å². The molecule has 0 amide bonds. The average molecular weight is 269 g/mol. The lowest BCUT2D eigenvalue weighted by Crippen LogP contribution is -2.61. The van der Waals surface area contributed by atoms with Gasteiger partial charge in [-0.15, -0.1) is 0 Å². The highest BCUT2D eigenvalue weighted by Gasteiger charge is 2.56. The first-order valence-electron chi connectivity index (χ1n) is 6.42. The van der Waals surface area contributed by atoms with Crippen LogP contribution < -0.4 is 5.73 Å². The fraction of sp³-hybridized carbons (Fsp3) is 0.250. The maximum atomic E-state index is 12.5. The number of hydrogen-bond donors (Lipinski definition) is 1. The molecule has 1 aliphatic rings. The SMILES string of the molecule is BC1(B)C=CC(=O)C(N)(c2ccccc2Cl)C1(B)B. The number of benzene rings is 1. The number of carbonyl (C=O) groups excluding carboxylic acids is 1. The van der Waals surface area contributed by atoms with Gasteiger partial charge in [0.2, 0.25) is 0 Å². The average Bonchev–Trinajstić information content (AvgIpc) is 2.33. The molecule has 94 valence electrons. The minimum Gasteiger partial charge on any atom is -0.316 e. The highest BCUT2D eigenvalue weighted by Crippen LogP contribution is 2.57. The number of hydrogen-bond acceptors (Lipinski definition) is 2. The molecule has 1 aromatic rings. The van der Waals surface area contributed by atoms with Crippen molar-refractivity contribution in [3.8, 4) is 0 Å². The molecule has 0 fully saturated rings. The minimum atomic E-state index is -1.11. The van der Waals surface area contributed by atoms with Gasteiger partial charge in [-0.25, -0.2) is 0 Å². The van der Waals surface area contributed by atoms with Gasteiger partial charge < -0.3 is 5.73 Å². The Hall–Kier alpha value is -0.860. The quantitative estimate of drug-likeness (QED) is 0.624. The maximum Gasteiger partial charge on any atom is 0.178 e. The number of rotatable bonds is 1. The Morgan fingerprint density at radius 3 is 2.26 bits per heavy atom. The fourth-order valence-corrected chi connectivity index (χ4v) is 2.98. The van der Waals surface area contributed by atoms with Gasteiger partial charge in [-0.1, -0.05) is 46.3 Å². The summed E-state index contributed by atoms with van der Waals surface area (Å²) < 4.78 is 0. The summed E-state index contributed by atoms with van der Waals surface area (Å²) in [4.78, 5) is 12.5. The van der Waals surface area contributed by atoms with E-state index in [1.165, 1.54) is 0 Å². The van der Waals surface area contributed by atoms with E-state index in [2.05, 4.69) is 15.7 Å². The molecule has 1 aliphatic carbocycles. The van der Waals surface area contributed by atoms with Crippen LogP contribution in [0.4, 0.5) is 0 Å². The summed E-state index contributed by atoms with van der Waals surface area (Å²) in [5, 5.41) is -0.108. The minimum absolute atomic E-state index is 0.0927. The van der Waals surface area contributed by atoms with Gasteiger partial charge in [0.05, 0.1) is 5.54 Å². The van der Waals surface area contributed by atoms with Crippen LogP contribution in [0.15, 0.2) is 36.4 Å². The zero-order valence-corrected chi connectivity index (χ0v) is 12.6. The number of nitrogens with two attached hydrogens (primary N) is 1. The summed E-state index contributed by atoms with van der Waals surface area (Å²) in [6, 6.07) is 7.33. The van der Waals surface area contributed by atoms with E-state index in [1.807, 2.05) is 40.0 Å². The van der Waals surface area contributed by atoms with Gasteiger partial charge >= 0.3 is 0 Å². The summed E-state index contributed by atoms with van der Waals surface area (Å²) in [6.45, 7) is 0. The topological polar surface area (TPSA) is 43.1 Å². The van der Waals surface area contributed by atoms with Gasteiger partial charge in [-0.2, -0.15) is 0 Å². The van der Waals surface area contributed by atoms with Crippen LogP contribution in [0.3, 0.4) is 0 Å². The Bertz CT molecular complexity index is 573. The fourth-order valence-electron chi connectivity index (χ4n) is 2.69. The lowest BCUT2D eigenvalue weighted by molar-refractivity contribution is -0.121. The van der Waals surface area contributed by atoms with Gasteiger partial charge in [-0.05, 0) is 17.7 Å². The van der Waals surface area contributed by atoms with Crippen LogP contribution in [0.2, 0.25) is 15.5 Å². The first-order chi connectivity index (χ1) is 8.64. The molecule has 2 N–H and O–H groups in total. The molecule has 0 bridgehead atoms. The van der Waals surface area contributed by atoms with Crippen LogP contribution in [0.5, 0.6) is 0 Å². The molecular formula is C12H16B4ClNO. The summed E-state index contributed by atoms with van der Waals surface area (Å²) in [7, 11) is 8.23. The van der Waals surface area contributed by atoms with Crippen molar-refractivity contribution in [1.82, 2.24) is 0 Å². The molecular weight excluding hydrogens is 253 g/mol. The van der Waals surface area contributed by atoms with Crippen molar-refractivity contribution in [3.63, 3.8) is 0 Å². The van der Waals surface area contributed by atoms with Crippen molar-refractivity contribution < 1.29 is 4.79 Å². The standard InChI is InChI=1S/C12H16B4ClNO/c13-10(14)6-5-9(19)11(18,12(10,15)16)7-3-1-2-4-8(7)17/h1-6H,13-16,18H2. The zero-order chi connectivity index (χ0) is 14.5. The van der Waals surface area contributed by atoms with Crippen molar-refractivity contribution in [1.29, 1.82) is 0 Å². The molecule has 0 aromatic heterocycles. The molecule has 19 heavy (non-hydrogen) atoms. The van der Waals surface area contributed by atoms with Crippen LogP contribution in [0, 0.1) is 0 Å². The van der Waals surface area contributed by atoms with E-state index >= 15 is 0 Å². The molecule has 0 saturated carbocycles. The molecule has 7 heteroatoms. The van der Waals surface area contributed by atoms with Crippen molar-refractivity contribution in [2.24, 2.45) is 5.73 Å². The number of carbonyl (C=O) groups is 1. The van der Waals surface area contributed by atoms with Crippen LogP contribution >= 0.6 is 11.6 Å². The summed E-state index contributed by atoms with van der Waals surface area (Å²) >= 11 is 6.28. The molecule has 0 spiro atoms. The Balaban J connectivity index is 2.74. The van der Waals surface area contributed by atoms with Crippen LogP contribution in [0.25, 0.3) is 0 Å². The smallest absolute Gasteiger partial charge is 0.178 e. The molecule has 0 saturated heterocycles. The van der Waals surface area contributed by atoms with E-state index in [-0.39, 0.29) is 11.0 Å². The second kappa shape index (κ2) is 4.32. The normalized spacial score (nSPS) is 28.2. The van der Waals surface area contributed by atoms with E-state index < -0.39 is 10.8 Å². The van der Waals surface area contributed by atoms with Gasteiger partial charge in [0.1, 0.15) is 31.4 Å². The first kappa shape index (κ1) is 14.5. The monoisotopic (exact) mass is 269 g/mol. The van der Waals surface area contributed by atoms with E-state index in [1.54, 1.807) is 12.1 Å². The Morgan fingerprint density at radius 1 is 1.11 bits per heavy atom. The molecule has 1 atom stereocenters. The third-order valence-electron chi connectivity index (χ3n) is 4.94. The van der Waals surface area contributed by atoms with Gasteiger partial charge in [0.25, 0.3) is 0 Å². The van der Waals surface area contributed by atoms with Gasteiger partial charge in [0.15, 0.2) is 5.78 Å². The Labute approximate surface area is 122 Å². The van der Waals surface area contributed by atoms with Gasteiger partial charge in [-0.3, -0.25) is 4.79 Å². The van der Waals surface area contributed by atoms with Crippen molar-refractivity contribution in [2.75, 3.05) is 0 Å². The molecule has 0 heterocycles. The number of ketones is 1. The number of halogens is 1. The Kier molecular flexibility index (Phi) is 3.31. The lowest BCUT2D eigenvalue weighted by atomic mass is 9.23. The highest BCUT2D eigenvalue weighted by atomic mass is 35.5. The van der Waals surface area contributed by atoms with E-state index in [0.717, 1.165) is 0 Å². The molecule has 2 nitrogen and oxygen atoms in total. The van der Waals surface area contributed by atoms with Crippen molar-refractivity contribution in [2.45, 2.75) is 16.0 Å². The predicted molar refractivity (Wildman–Crippen MR) is 91.0 cm³/mol. The largest absolute Gasteiger partial charge is 0.316 e. The summed E-state index contributed by atoms with van der Waals surface area (Å²) in [6.07, 6.45) is 3.53. The van der Waals surface area contributed by atoms with E-state index in [9.17, 15) is 4.79 Å². The van der Waals surface area contributed by atoms with Crippen LogP contribution in [-0.4, -0.2) is 37.2 Å². The number of allylic oxidation sites excluding steroid dienone is 1. The van der Waals surface area contributed by atoms with Crippen molar-refractivity contribution in [3.05, 3.63) is 47.0 Å². The van der Waals surface area contributed by atoms with Crippen molar-refractivity contribution >= 4 is 48.8 Å². The molecule has 0 aliphatic heterocycles. The molecule has 1 unspecified atom stereocenters. The Morgan fingerprint density at radius 2 is 1.68 bits per heavy atom. The lowest BCUT2D eigenvalue weighted by Gasteiger charge is -2.54. The second-order valence-corrected chi connectivity index (χ2v) is 6.74. The van der Waals surface area contributed by atoms with Gasteiger partial charge in [0, 0.05) is 5.02 Å². The molecule has 1 aromatic carbocycles. The first-order valence-corrected chi connectivity index (χ1v) is 6.80. The molecule has 2 rings (SSSR count).